The molecule has 0 unspecified atom stereocenters. The summed E-state index contributed by atoms with van der Waals surface area (Å²) < 4.78 is 7.94. The lowest BCUT2D eigenvalue weighted by Crippen LogP contribution is -2.24. The summed E-state index contributed by atoms with van der Waals surface area (Å²) in [7, 11) is 0. The summed E-state index contributed by atoms with van der Waals surface area (Å²) in [4.78, 5) is 12.9. The fourth-order valence-corrected chi connectivity index (χ4v) is 3.62. The van der Waals surface area contributed by atoms with Gasteiger partial charge in [-0.15, -0.1) is 0 Å². The van der Waals surface area contributed by atoms with E-state index in [0.717, 1.165) is 52.2 Å². The van der Waals surface area contributed by atoms with Crippen LogP contribution < -0.4 is 5.56 Å². The Morgan fingerprint density at radius 3 is 2.81 bits per heavy atom. The molecule has 2 aromatic carbocycles. The van der Waals surface area contributed by atoms with Gasteiger partial charge in [-0.3, -0.25) is 4.79 Å². The standard InChI is InChI=1S/C18H13NO2/c20-18-15-12-7-1-2-9-14(12)21-17(15)13-8-3-5-11-6-4-10-19(18)16(11)13/h1-3,5,7-9H,4,6,10H2. The molecule has 102 valence electrons. The summed E-state index contributed by atoms with van der Waals surface area (Å²) in [6.07, 6.45) is 2.05. The lowest BCUT2D eigenvalue weighted by Gasteiger charge is -2.19. The predicted molar refractivity (Wildman–Crippen MR) is 83.8 cm³/mol. The van der Waals surface area contributed by atoms with E-state index in [1.54, 1.807) is 0 Å². The molecule has 2 aromatic heterocycles. The van der Waals surface area contributed by atoms with Crippen LogP contribution >= 0.6 is 0 Å². The SMILES string of the molecule is O=c1c2c3ccccc3oc2c2cccc3c2n1CCC3. The molecule has 0 saturated carbocycles. The van der Waals surface area contributed by atoms with Crippen molar-refractivity contribution < 1.29 is 4.42 Å². The zero-order valence-corrected chi connectivity index (χ0v) is 11.4. The minimum Gasteiger partial charge on any atom is -0.455 e. The number of furan rings is 1. The summed E-state index contributed by atoms with van der Waals surface area (Å²) in [5.41, 5.74) is 3.90. The first-order valence-corrected chi connectivity index (χ1v) is 7.30. The van der Waals surface area contributed by atoms with Crippen LogP contribution in [0.4, 0.5) is 0 Å². The van der Waals surface area contributed by atoms with Crippen molar-refractivity contribution in [2.24, 2.45) is 0 Å². The van der Waals surface area contributed by atoms with Crippen molar-refractivity contribution >= 4 is 32.8 Å². The molecule has 4 aromatic rings. The van der Waals surface area contributed by atoms with Gasteiger partial charge in [-0.05, 0) is 30.5 Å². The number of fused-ring (bicyclic) bond motifs is 4. The second kappa shape index (κ2) is 3.76. The van der Waals surface area contributed by atoms with Crippen LogP contribution in [0.25, 0.3) is 32.8 Å². The van der Waals surface area contributed by atoms with Crippen molar-refractivity contribution in [3.8, 4) is 0 Å². The Morgan fingerprint density at radius 2 is 1.86 bits per heavy atom. The summed E-state index contributed by atoms with van der Waals surface area (Å²) in [6.45, 7) is 0.793. The van der Waals surface area contributed by atoms with Crippen molar-refractivity contribution in [3.05, 3.63) is 58.4 Å². The number of pyridine rings is 1. The Kier molecular flexibility index (Phi) is 1.99. The molecule has 5 rings (SSSR count). The van der Waals surface area contributed by atoms with Crippen LogP contribution in [0.5, 0.6) is 0 Å². The minimum atomic E-state index is 0.0783. The highest BCUT2D eigenvalue weighted by Gasteiger charge is 2.21. The normalized spacial score (nSPS) is 14.3. The van der Waals surface area contributed by atoms with Crippen LogP contribution in [0, 0.1) is 0 Å². The molecule has 1 aliphatic rings. The quantitative estimate of drug-likeness (QED) is 0.488. The molecule has 0 spiro atoms. The van der Waals surface area contributed by atoms with Crippen molar-refractivity contribution in [1.82, 2.24) is 4.57 Å². The highest BCUT2D eigenvalue weighted by Crippen LogP contribution is 2.34. The van der Waals surface area contributed by atoms with Crippen LogP contribution in [0.1, 0.15) is 12.0 Å². The monoisotopic (exact) mass is 275 g/mol. The van der Waals surface area contributed by atoms with Gasteiger partial charge in [-0.25, -0.2) is 0 Å². The van der Waals surface area contributed by atoms with Crippen LogP contribution in [0.2, 0.25) is 0 Å². The largest absolute Gasteiger partial charge is 0.455 e. The minimum absolute atomic E-state index is 0.0783. The van der Waals surface area contributed by atoms with Gasteiger partial charge in [0.2, 0.25) is 0 Å². The smallest absolute Gasteiger partial charge is 0.262 e. The molecular weight excluding hydrogens is 262 g/mol. The van der Waals surface area contributed by atoms with E-state index in [4.69, 9.17) is 4.42 Å². The van der Waals surface area contributed by atoms with E-state index in [1.165, 1.54) is 5.56 Å². The number of aromatic nitrogens is 1. The van der Waals surface area contributed by atoms with E-state index in [0.29, 0.717) is 0 Å². The number of nitrogens with zero attached hydrogens (tertiary/aromatic N) is 1. The Morgan fingerprint density at radius 1 is 1.00 bits per heavy atom. The van der Waals surface area contributed by atoms with Gasteiger partial charge in [0.25, 0.3) is 5.56 Å². The topological polar surface area (TPSA) is 35.1 Å². The fraction of sp³-hybridized carbons (Fsp3) is 0.167. The molecule has 1 aliphatic heterocycles. The van der Waals surface area contributed by atoms with Gasteiger partial charge in [-0.2, -0.15) is 0 Å². The molecule has 0 radical (unpaired) electrons. The molecule has 3 heteroatoms. The van der Waals surface area contributed by atoms with E-state index in [-0.39, 0.29) is 5.56 Å². The summed E-state index contributed by atoms with van der Waals surface area (Å²) in [5, 5.41) is 2.69. The van der Waals surface area contributed by atoms with Crippen molar-refractivity contribution in [2.45, 2.75) is 19.4 Å². The maximum absolute atomic E-state index is 12.9. The Bertz CT molecular complexity index is 1090. The van der Waals surface area contributed by atoms with Gasteiger partial charge in [0, 0.05) is 17.3 Å². The summed E-state index contributed by atoms with van der Waals surface area (Å²) in [6, 6.07) is 14.0. The average Bonchev–Trinajstić information content (AvgIpc) is 2.92. The molecule has 3 heterocycles. The molecule has 0 bridgehead atoms. The number of hydrogen-bond acceptors (Lipinski definition) is 2. The van der Waals surface area contributed by atoms with Crippen molar-refractivity contribution in [1.29, 1.82) is 0 Å². The van der Waals surface area contributed by atoms with Gasteiger partial charge in [0.15, 0.2) is 0 Å². The van der Waals surface area contributed by atoms with Gasteiger partial charge in [0.05, 0.1) is 10.9 Å². The number of para-hydroxylation sites is 2. The number of hydrogen-bond donors (Lipinski definition) is 0. The molecular formula is C18H13NO2. The molecule has 0 amide bonds. The third kappa shape index (κ3) is 1.31. The predicted octanol–water partition coefficient (Wildman–Crippen LogP) is 3.85. The van der Waals surface area contributed by atoms with E-state index in [9.17, 15) is 4.79 Å². The van der Waals surface area contributed by atoms with Crippen LogP contribution in [0.15, 0.2) is 51.7 Å². The van der Waals surface area contributed by atoms with Crippen LogP contribution in [-0.2, 0) is 13.0 Å². The lowest BCUT2D eigenvalue weighted by atomic mass is 10.00. The summed E-state index contributed by atoms with van der Waals surface area (Å²) >= 11 is 0. The third-order valence-corrected chi connectivity index (χ3v) is 4.52. The van der Waals surface area contributed by atoms with Gasteiger partial charge in [-0.1, -0.05) is 30.3 Å². The Labute approximate surface area is 120 Å². The Balaban J connectivity index is 2.18. The molecule has 21 heavy (non-hydrogen) atoms. The fourth-order valence-electron chi connectivity index (χ4n) is 3.62. The number of aryl methyl sites for hydroxylation is 2. The average molecular weight is 275 g/mol. The first-order chi connectivity index (χ1) is 10.3. The second-order valence-electron chi connectivity index (χ2n) is 5.68. The molecule has 0 atom stereocenters. The maximum Gasteiger partial charge on any atom is 0.262 e. The third-order valence-electron chi connectivity index (χ3n) is 4.52. The van der Waals surface area contributed by atoms with Gasteiger partial charge in [0.1, 0.15) is 11.2 Å². The molecule has 0 N–H and O–H groups in total. The van der Waals surface area contributed by atoms with E-state index in [2.05, 4.69) is 18.2 Å². The van der Waals surface area contributed by atoms with Crippen molar-refractivity contribution in [3.63, 3.8) is 0 Å². The first kappa shape index (κ1) is 11.1. The van der Waals surface area contributed by atoms with Gasteiger partial charge >= 0.3 is 0 Å². The summed E-state index contributed by atoms with van der Waals surface area (Å²) in [5.74, 6) is 0. The highest BCUT2D eigenvalue weighted by atomic mass is 16.3. The van der Waals surface area contributed by atoms with E-state index in [1.807, 2.05) is 28.8 Å². The number of rotatable bonds is 0. The second-order valence-corrected chi connectivity index (χ2v) is 5.68. The van der Waals surface area contributed by atoms with E-state index < -0.39 is 0 Å². The molecule has 0 saturated heterocycles. The van der Waals surface area contributed by atoms with E-state index >= 15 is 0 Å². The highest BCUT2D eigenvalue weighted by molar-refractivity contribution is 6.14. The first-order valence-electron chi connectivity index (χ1n) is 7.30. The van der Waals surface area contributed by atoms with Crippen molar-refractivity contribution in [2.75, 3.05) is 0 Å². The molecule has 0 aliphatic carbocycles. The maximum atomic E-state index is 12.9. The zero-order chi connectivity index (χ0) is 14.0. The molecule has 0 fully saturated rings. The lowest BCUT2D eigenvalue weighted by molar-refractivity contribution is 0.616. The van der Waals surface area contributed by atoms with Crippen LogP contribution in [-0.4, -0.2) is 4.57 Å². The Hall–Kier alpha value is -2.55. The van der Waals surface area contributed by atoms with Gasteiger partial charge < -0.3 is 8.98 Å². The molecule has 3 nitrogen and oxygen atoms in total. The number of benzene rings is 2. The zero-order valence-electron chi connectivity index (χ0n) is 11.4. The van der Waals surface area contributed by atoms with Crippen LogP contribution in [0.3, 0.4) is 0 Å².